The molecule has 0 radical (unpaired) electrons. The summed E-state index contributed by atoms with van der Waals surface area (Å²) in [5.74, 6) is 0. The Hall–Kier alpha value is -4.00. The summed E-state index contributed by atoms with van der Waals surface area (Å²) in [6.45, 7) is 35.3. The van der Waals surface area contributed by atoms with Gasteiger partial charge in [-0.2, -0.15) is 0 Å². The normalized spacial score (nSPS) is 14.3. The van der Waals surface area contributed by atoms with Gasteiger partial charge < -0.3 is 40.2 Å². The molecule has 51 heavy (non-hydrogen) atoms. The molecule has 0 unspecified atom stereocenters. The van der Waals surface area contributed by atoms with Gasteiger partial charge in [0.15, 0.2) is 0 Å². The first kappa shape index (κ1) is 51.4. The van der Waals surface area contributed by atoms with Crippen molar-refractivity contribution in [1.82, 2.24) is 20.0 Å². The van der Waals surface area contributed by atoms with E-state index < -0.39 is 0 Å². The molecule has 0 spiro atoms. The maximum atomic E-state index is 11.5. The molecule has 0 atom stereocenters. The van der Waals surface area contributed by atoms with Crippen molar-refractivity contribution in [2.75, 3.05) is 39.8 Å². The maximum absolute atomic E-state index is 11.5. The lowest BCUT2D eigenvalue weighted by atomic mass is 10.1. The van der Waals surface area contributed by atoms with Crippen LogP contribution in [0.2, 0.25) is 0 Å². The zero-order valence-corrected chi connectivity index (χ0v) is 34.9. The fourth-order valence-corrected chi connectivity index (χ4v) is 3.19. The van der Waals surface area contributed by atoms with Crippen molar-refractivity contribution in [3.05, 3.63) is 20.8 Å². The van der Waals surface area contributed by atoms with E-state index in [1.807, 2.05) is 118 Å². The Morgan fingerprint density at radius 1 is 0.569 bits per heavy atom. The zero-order valence-electron chi connectivity index (χ0n) is 34.9. The molecule has 0 N–H and O–H groups in total. The molecular weight excluding hydrogens is 668 g/mol. The van der Waals surface area contributed by atoms with Crippen molar-refractivity contribution in [3.8, 4) is 0 Å². The first-order chi connectivity index (χ1) is 23.3. The Morgan fingerprint density at radius 2 is 0.922 bits per heavy atom. The lowest BCUT2D eigenvalue weighted by Gasteiger charge is -2.29. The van der Waals surface area contributed by atoms with Crippen LogP contribution in [-0.2, 0) is 19.4 Å². The van der Waals surface area contributed by atoms with E-state index in [4.69, 9.17) is 19.4 Å². The highest BCUT2D eigenvalue weighted by Gasteiger charge is 2.27. The summed E-state index contributed by atoms with van der Waals surface area (Å²) in [6.07, 6.45) is 1.88. The molecule has 0 bridgehead atoms. The monoisotopic (exact) mass is 741 g/mol. The summed E-state index contributed by atoms with van der Waals surface area (Å²) in [5, 5.41) is 64.7. The molecule has 0 aromatic heterocycles. The molecule has 0 saturated carbocycles. The van der Waals surface area contributed by atoms with Gasteiger partial charge in [0.2, 0.25) is 21.1 Å². The Morgan fingerprint density at radius 3 is 1.24 bits per heavy atom. The van der Waals surface area contributed by atoms with Crippen LogP contribution >= 0.6 is 0 Å². The molecule has 1 saturated heterocycles. The van der Waals surface area contributed by atoms with Gasteiger partial charge in [0.05, 0.1) is 70.7 Å². The van der Waals surface area contributed by atoms with Crippen LogP contribution < -0.4 is 0 Å². The van der Waals surface area contributed by atoms with Crippen molar-refractivity contribution in [2.24, 2.45) is 21.1 Å². The van der Waals surface area contributed by atoms with Gasteiger partial charge >= 0.3 is 0 Å². The minimum absolute atomic E-state index is 0.0379. The lowest BCUT2D eigenvalue weighted by Crippen LogP contribution is -2.45. The predicted octanol–water partition coefficient (Wildman–Crippen LogP) is 7.10. The van der Waals surface area contributed by atoms with Gasteiger partial charge in [0.1, 0.15) is 24.4 Å². The highest BCUT2D eigenvalue weighted by Crippen LogP contribution is 2.13. The summed E-state index contributed by atoms with van der Waals surface area (Å²) < 4.78 is 0. The van der Waals surface area contributed by atoms with Crippen LogP contribution in [0.4, 0.5) is 0 Å². The van der Waals surface area contributed by atoms with E-state index in [9.17, 15) is 20.8 Å². The predicted molar refractivity (Wildman–Crippen MR) is 192 cm³/mol. The van der Waals surface area contributed by atoms with Crippen molar-refractivity contribution in [1.29, 1.82) is 0 Å². The highest BCUT2D eigenvalue weighted by atomic mass is 16.7. The van der Waals surface area contributed by atoms with E-state index in [2.05, 4.69) is 21.1 Å². The van der Waals surface area contributed by atoms with Gasteiger partial charge in [-0.25, -0.2) is 0 Å². The third-order valence-electron chi connectivity index (χ3n) is 6.12. The fraction of sp³-hybridized carbons (Fsp3) is 1.00. The molecular formula is C31H72N12O8. The maximum Gasteiger partial charge on any atom is 0.233 e. The van der Waals surface area contributed by atoms with Gasteiger partial charge in [0.25, 0.3) is 0 Å². The first-order valence-electron chi connectivity index (χ1n) is 17.7. The number of nitrogens with zero attached hydrogens (tertiary/aromatic N) is 12. The largest absolute Gasteiger partial charge is 0.569 e. The molecule has 1 heterocycles. The molecule has 20 heteroatoms. The van der Waals surface area contributed by atoms with Crippen molar-refractivity contribution in [2.45, 2.75) is 166 Å². The number of hydrogen-bond donors (Lipinski definition) is 0. The van der Waals surface area contributed by atoms with Gasteiger partial charge in [-0.15, -0.1) is 20.0 Å². The van der Waals surface area contributed by atoms with Crippen LogP contribution in [0.3, 0.4) is 0 Å². The number of hydrazine groups is 4. The minimum atomic E-state index is -0.258. The number of rotatable bonds is 15. The molecule has 1 rings (SSSR count). The van der Waals surface area contributed by atoms with Crippen LogP contribution in [0, 0.1) is 20.8 Å². The van der Waals surface area contributed by atoms with E-state index in [1.54, 1.807) is 17.1 Å². The Bertz CT molecular complexity index is 980. The highest BCUT2D eigenvalue weighted by molar-refractivity contribution is 4.67. The molecule has 20 nitrogen and oxygen atoms in total. The van der Waals surface area contributed by atoms with E-state index in [0.717, 1.165) is 25.9 Å². The summed E-state index contributed by atoms with van der Waals surface area (Å²) in [5.41, 5.74) is -0.508. The molecule has 0 aromatic rings. The molecule has 1 aliphatic rings. The third-order valence-corrected chi connectivity index (χ3v) is 6.12. The smallest absolute Gasteiger partial charge is 0.233 e. The quantitative estimate of drug-likeness (QED) is 0.0937. The van der Waals surface area contributed by atoms with E-state index in [-0.39, 0.29) is 35.5 Å². The van der Waals surface area contributed by atoms with Crippen LogP contribution in [-0.4, -0.2) is 115 Å². The molecule has 0 aromatic carbocycles. The van der Waals surface area contributed by atoms with Crippen molar-refractivity contribution >= 4 is 0 Å². The van der Waals surface area contributed by atoms with E-state index in [0.29, 0.717) is 39.5 Å². The number of hydrogen-bond acceptors (Lipinski definition) is 12. The van der Waals surface area contributed by atoms with Crippen LogP contribution in [0.15, 0.2) is 21.1 Å². The minimum Gasteiger partial charge on any atom is -0.569 e. The van der Waals surface area contributed by atoms with Gasteiger partial charge in [-0.1, -0.05) is 0 Å². The van der Waals surface area contributed by atoms with E-state index >= 15 is 0 Å². The standard InChI is InChI=1S/C9H21N3O2.C8H19N3O2.C7H15N3O2.C7H17N3O2/c1-7-11(9(4,5)6)12(13)10-14-8(2)3;1-7(2)13-9-11(12)10(6)8(3,4)5;1-7(2)12-8-10(11)9-5-3-4-6-9;1-5-9(6-2)10(11)8-12-7(3)4/h8H,7H2,1-6H3;7H,1-6H3;7H,3-6H2,1-2H3;7H,5-6H2,1-4H3/b12-10-;11-9-;2*10-8-. The fourth-order valence-electron chi connectivity index (χ4n) is 3.19. The summed E-state index contributed by atoms with van der Waals surface area (Å²) >= 11 is 0. The summed E-state index contributed by atoms with van der Waals surface area (Å²) in [6, 6.07) is 0. The second-order valence-electron chi connectivity index (χ2n) is 14.3. The average molecular weight is 741 g/mol. The Kier molecular flexibility index (Phi) is 27.0. The van der Waals surface area contributed by atoms with Crippen LogP contribution in [0.1, 0.15) is 131 Å². The van der Waals surface area contributed by atoms with Gasteiger partial charge in [-0.05, 0) is 131 Å². The van der Waals surface area contributed by atoms with Crippen LogP contribution in [0.5, 0.6) is 0 Å². The molecule has 0 amide bonds. The topological polar surface area (TPSA) is 204 Å². The Labute approximate surface area is 307 Å². The Balaban J connectivity index is -0.000000603. The molecule has 0 aliphatic carbocycles. The van der Waals surface area contributed by atoms with Gasteiger partial charge in [-0.3, -0.25) is 0 Å². The SMILES string of the molecule is CC(C)O/N=[N+](\[O-])N(C)C(C)(C)C.CC(C)O/N=[N+](\[O-])N1CCCC1.CCN(/[N+]([O-])=N/OC(C)C)C(C)(C)C.CCN(CC)/[N+]([O-])=N/OC(C)C. The second-order valence-corrected chi connectivity index (χ2v) is 14.3. The lowest BCUT2D eigenvalue weighted by molar-refractivity contribution is -0.725. The molecule has 304 valence electrons. The van der Waals surface area contributed by atoms with Gasteiger partial charge in [0, 0.05) is 0 Å². The second kappa shape index (κ2) is 26.8. The average Bonchev–Trinajstić information content (AvgIpc) is 3.56. The molecule has 1 aliphatic heterocycles. The van der Waals surface area contributed by atoms with Crippen LogP contribution in [0.25, 0.3) is 0 Å². The summed E-state index contributed by atoms with van der Waals surface area (Å²) in [7, 11) is 1.67. The van der Waals surface area contributed by atoms with E-state index in [1.165, 1.54) is 10.0 Å². The molecule has 1 fully saturated rings. The third kappa shape index (κ3) is 27.4. The van der Waals surface area contributed by atoms with Crippen molar-refractivity contribution in [3.63, 3.8) is 0 Å². The zero-order chi connectivity index (χ0) is 40.5. The summed E-state index contributed by atoms with van der Waals surface area (Å²) in [4.78, 5) is 21.3. The first-order valence-corrected chi connectivity index (χ1v) is 17.7. The van der Waals surface area contributed by atoms with Crippen molar-refractivity contribution < 1.29 is 39.2 Å².